The maximum Gasteiger partial charge on any atom is 0.205 e. The molecule has 1 aliphatic rings. The highest BCUT2D eigenvalue weighted by Gasteiger charge is 2.29. The Morgan fingerprint density at radius 2 is 1.63 bits per heavy atom. The van der Waals surface area contributed by atoms with Crippen LogP contribution in [0.25, 0.3) is 33.5 Å². The third-order valence-electron chi connectivity index (χ3n) is 5.75. The van der Waals surface area contributed by atoms with E-state index in [1.807, 2.05) is 18.2 Å². The topological polar surface area (TPSA) is 72.3 Å². The summed E-state index contributed by atoms with van der Waals surface area (Å²) < 4.78 is 2.38. The van der Waals surface area contributed by atoms with Gasteiger partial charge in [-0.1, -0.05) is 60.7 Å². The molecular formula is C24H20N6. The highest BCUT2D eigenvalue weighted by molar-refractivity contribution is 5.80. The quantitative estimate of drug-likeness (QED) is 0.466. The fraction of sp³-hybridized carbons (Fsp3) is 0.167. The lowest BCUT2D eigenvalue weighted by atomic mass is 9.98. The summed E-state index contributed by atoms with van der Waals surface area (Å²) in [6, 6.07) is 25.3. The normalized spacial score (nSPS) is 13.7. The molecule has 6 nitrogen and oxygen atoms in total. The number of hydrogen-bond donors (Lipinski definition) is 1. The Morgan fingerprint density at radius 3 is 2.40 bits per heavy atom. The van der Waals surface area contributed by atoms with Crippen molar-refractivity contribution in [2.45, 2.75) is 25.3 Å². The van der Waals surface area contributed by atoms with Crippen molar-refractivity contribution in [2.75, 3.05) is 0 Å². The Morgan fingerprint density at radius 1 is 0.867 bits per heavy atom. The molecular weight excluding hydrogens is 372 g/mol. The highest BCUT2D eigenvalue weighted by Crippen LogP contribution is 2.41. The van der Waals surface area contributed by atoms with E-state index in [0.717, 1.165) is 28.8 Å². The minimum Gasteiger partial charge on any atom is -0.323 e. The van der Waals surface area contributed by atoms with Crippen LogP contribution in [-0.4, -0.2) is 30.2 Å². The molecule has 5 aromatic rings. The summed E-state index contributed by atoms with van der Waals surface area (Å²) in [7, 11) is 0. The van der Waals surface area contributed by atoms with Gasteiger partial charge in [0.05, 0.1) is 11.0 Å². The van der Waals surface area contributed by atoms with E-state index in [9.17, 15) is 0 Å². The Hall–Kier alpha value is -3.80. The van der Waals surface area contributed by atoms with E-state index in [1.54, 1.807) is 0 Å². The van der Waals surface area contributed by atoms with E-state index >= 15 is 0 Å². The summed E-state index contributed by atoms with van der Waals surface area (Å²) in [6.07, 6.45) is 2.49. The first-order chi connectivity index (χ1) is 14.9. The molecule has 0 unspecified atom stereocenters. The number of tetrazole rings is 1. The Bertz CT molecular complexity index is 1310. The van der Waals surface area contributed by atoms with Crippen molar-refractivity contribution in [3.8, 4) is 22.5 Å². The van der Waals surface area contributed by atoms with Gasteiger partial charge in [0.15, 0.2) is 0 Å². The molecule has 0 aliphatic heterocycles. The molecule has 2 aromatic heterocycles. The molecule has 1 fully saturated rings. The molecule has 30 heavy (non-hydrogen) atoms. The Kier molecular flexibility index (Phi) is 3.94. The lowest BCUT2D eigenvalue weighted by molar-refractivity contribution is 0.747. The van der Waals surface area contributed by atoms with E-state index in [2.05, 4.69) is 79.8 Å². The second-order valence-corrected chi connectivity index (χ2v) is 7.80. The van der Waals surface area contributed by atoms with E-state index in [-0.39, 0.29) is 0 Å². The lowest BCUT2D eigenvalue weighted by Crippen LogP contribution is -2.04. The molecule has 0 amide bonds. The number of imidazole rings is 1. The lowest BCUT2D eigenvalue weighted by Gasteiger charge is -2.11. The van der Waals surface area contributed by atoms with E-state index in [1.165, 1.54) is 29.7 Å². The third-order valence-corrected chi connectivity index (χ3v) is 5.75. The van der Waals surface area contributed by atoms with Crippen LogP contribution in [0.15, 0.2) is 72.8 Å². The van der Waals surface area contributed by atoms with Crippen LogP contribution >= 0.6 is 0 Å². The van der Waals surface area contributed by atoms with E-state index in [0.29, 0.717) is 11.7 Å². The zero-order chi connectivity index (χ0) is 19.9. The second kappa shape index (κ2) is 6.91. The second-order valence-electron chi connectivity index (χ2n) is 7.80. The van der Waals surface area contributed by atoms with Gasteiger partial charge in [-0.05, 0) is 46.9 Å². The maximum atomic E-state index is 4.92. The zero-order valence-corrected chi connectivity index (χ0v) is 16.4. The van der Waals surface area contributed by atoms with Crippen LogP contribution in [0.1, 0.15) is 30.1 Å². The van der Waals surface area contributed by atoms with Crippen molar-refractivity contribution in [1.82, 2.24) is 30.2 Å². The Balaban J connectivity index is 1.35. The van der Waals surface area contributed by atoms with Crippen LogP contribution < -0.4 is 0 Å². The van der Waals surface area contributed by atoms with Crippen molar-refractivity contribution in [1.29, 1.82) is 0 Å². The predicted octanol–water partition coefficient (Wildman–Crippen LogP) is 4.81. The Labute approximate surface area is 173 Å². The largest absolute Gasteiger partial charge is 0.323 e. The molecule has 0 saturated heterocycles. The minimum absolute atomic E-state index is 0.605. The average Bonchev–Trinajstić information content (AvgIpc) is 3.37. The van der Waals surface area contributed by atoms with Gasteiger partial charge in [-0.3, -0.25) is 0 Å². The van der Waals surface area contributed by atoms with Crippen LogP contribution in [0.3, 0.4) is 0 Å². The van der Waals surface area contributed by atoms with Crippen LogP contribution in [-0.2, 0) is 6.54 Å². The fourth-order valence-electron chi connectivity index (χ4n) is 4.09. The molecule has 0 spiro atoms. The van der Waals surface area contributed by atoms with Crippen molar-refractivity contribution in [3.63, 3.8) is 0 Å². The molecule has 6 rings (SSSR count). The van der Waals surface area contributed by atoms with Gasteiger partial charge in [-0.2, -0.15) is 5.21 Å². The fourth-order valence-corrected chi connectivity index (χ4v) is 4.09. The van der Waals surface area contributed by atoms with Crippen molar-refractivity contribution in [3.05, 3.63) is 84.2 Å². The van der Waals surface area contributed by atoms with Gasteiger partial charge in [0.2, 0.25) is 5.82 Å². The van der Waals surface area contributed by atoms with Crippen molar-refractivity contribution < 1.29 is 0 Å². The number of aromatic nitrogens is 6. The molecule has 146 valence electrons. The SMILES string of the molecule is c1ccc(-c2nn[nH]n2)c(-c2ccc(Cn3c(C4CC4)nc4ccccc43)cc2)c1. The molecule has 0 bridgehead atoms. The number of aromatic amines is 1. The van der Waals surface area contributed by atoms with Crippen LogP contribution in [0.5, 0.6) is 0 Å². The number of rotatable bonds is 5. The summed E-state index contributed by atoms with van der Waals surface area (Å²) in [5.74, 6) is 2.44. The summed E-state index contributed by atoms with van der Waals surface area (Å²) >= 11 is 0. The number of benzene rings is 3. The summed E-state index contributed by atoms with van der Waals surface area (Å²) in [5.41, 5.74) is 6.77. The van der Waals surface area contributed by atoms with Gasteiger partial charge in [0, 0.05) is 18.0 Å². The monoisotopic (exact) mass is 392 g/mol. The number of para-hydroxylation sites is 2. The number of nitrogens with zero attached hydrogens (tertiary/aromatic N) is 5. The van der Waals surface area contributed by atoms with Crippen LogP contribution in [0.4, 0.5) is 0 Å². The smallest absolute Gasteiger partial charge is 0.205 e. The molecule has 1 saturated carbocycles. The average molecular weight is 392 g/mol. The number of nitrogens with one attached hydrogen (secondary N) is 1. The highest BCUT2D eigenvalue weighted by atomic mass is 15.5. The van der Waals surface area contributed by atoms with E-state index < -0.39 is 0 Å². The number of fused-ring (bicyclic) bond motifs is 1. The molecule has 0 radical (unpaired) electrons. The van der Waals surface area contributed by atoms with Gasteiger partial charge >= 0.3 is 0 Å². The first-order valence-electron chi connectivity index (χ1n) is 10.2. The standard InChI is InChI=1S/C24H20N6/c1-2-6-20(23-26-28-29-27-23)19(5-1)17-11-9-16(10-12-17)15-30-22-8-4-3-7-21(22)25-24(30)18-13-14-18/h1-12,18H,13-15H2,(H,26,27,28,29). The summed E-state index contributed by atoms with van der Waals surface area (Å²) in [4.78, 5) is 4.92. The molecule has 1 N–H and O–H groups in total. The summed E-state index contributed by atoms with van der Waals surface area (Å²) in [6.45, 7) is 0.832. The maximum absolute atomic E-state index is 4.92. The third kappa shape index (κ3) is 2.97. The van der Waals surface area contributed by atoms with Crippen LogP contribution in [0.2, 0.25) is 0 Å². The van der Waals surface area contributed by atoms with Crippen LogP contribution in [0, 0.1) is 0 Å². The first kappa shape index (κ1) is 17.1. The molecule has 1 aliphatic carbocycles. The first-order valence-corrected chi connectivity index (χ1v) is 10.2. The molecule has 3 aromatic carbocycles. The van der Waals surface area contributed by atoms with Crippen molar-refractivity contribution >= 4 is 11.0 Å². The summed E-state index contributed by atoms with van der Waals surface area (Å²) in [5, 5.41) is 14.5. The number of H-pyrrole nitrogens is 1. The van der Waals surface area contributed by atoms with Gasteiger partial charge in [0.25, 0.3) is 0 Å². The van der Waals surface area contributed by atoms with E-state index in [4.69, 9.17) is 4.98 Å². The molecule has 6 heteroatoms. The van der Waals surface area contributed by atoms with Gasteiger partial charge < -0.3 is 4.57 Å². The van der Waals surface area contributed by atoms with Gasteiger partial charge in [-0.15, -0.1) is 10.2 Å². The minimum atomic E-state index is 0.605. The molecule has 0 atom stereocenters. The molecule has 2 heterocycles. The van der Waals surface area contributed by atoms with Crippen molar-refractivity contribution in [2.24, 2.45) is 0 Å². The zero-order valence-electron chi connectivity index (χ0n) is 16.4. The van der Waals surface area contributed by atoms with Gasteiger partial charge in [-0.25, -0.2) is 4.98 Å². The number of hydrogen-bond acceptors (Lipinski definition) is 4. The predicted molar refractivity (Wildman–Crippen MR) is 116 cm³/mol. The van der Waals surface area contributed by atoms with Gasteiger partial charge in [0.1, 0.15) is 5.82 Å².